The van der Waals surface area contributed by atoms with Crippen LogP contribution in [-0.4, -0.2) is 0 Å². The highest BCUT2D eigenvalue weighted by Crippen LogP contribution is 2.42. The quantitative estimate of drug-likeness (QED) is 0.280. The van der Waals surface area contributed by atoms with Crippen molar-refractivity contribution in [1.82, 2.24) is 0 Å². The number of furan rings is 1. The van der Waals surface area contributed by atoms with Crippen molar-refractivity contribution in [3.63, 3.8) is 0 Å². The van der Waals surface area contributed by atoms with Gasteiger partial charge >= 0.3 is 0 Å². The number of benzene rings is 6. The van der Waals surface area contributed by atoms with Gasteiger partial charge in [0.05, 0.1) is 11.1 Å². The highest BCUT2D eigenvalue weighted by molar-refractivity contribution is 6.17. The maximum absolute atomic E-state index is 6.35. The van der Waals surface area contributed by atoms with Gasteiger partial charge in [-0.05, 0) is 69.1 Å². The van der Waals surface area contributed by atoms with Crippen molar-refractivity contribution in [3.8, 4) is 11.1 Å². The topological polar surface area (TPSA) is 25.2 Å². The molecular weight excluding hydrogens is 414 g/mol. The van der Waals surface area contributed by atoms with Gasteiger partial charge in [-0.2, -0.15) is 0 Å². The van der Waals surface area contributed by atoms with Gasteiger partial charge in [0.2, 0.25) is 0 Å². The second kappa shape index (κ2) is 7.50. The Morgan fingerprint density at radius 2 is 1.18 bits per heavy atom. The minimum Gasteiger partial charge on any atom is -0.456 e. The highest BCUT2D eigenvalue weighted by atomic mass is 16.3. The fourth-order valence-electron chi connectivity index (χ4n) is 5.08. The molecule has 6 aromatic carbocycles. The second-order valence-corrected chi connectivity index (χ2v) is 8.68. The number of anilines is 2. The Hall–Kier alpha value is -4.56. The fraction of sp³-hybridized carbons (Fsp3) is 0. The molecule has 0 amide bonds. The lowest BCUT2D eigenvalue weighted by molar-refractivity contribution is 0.669. The molecule has 2 nitrogen and oxygen atoms in total. The molecule has 0 spiro atoms. The van der Waals surface area contributed by atoms with Crippen LogP contribution in [0.25, 0.3) is 54.6 Å². The van der Waals surface area contributed by atoms with E-state index in [1.165, 1.54) is 27.1 Å². The smallest absolute Gasteiger partial charge is 0.138 e. The van der Waals surface area contributed by atoms with E-state index in [2.05, 4.69) is 96.3 Å². The van der Waals surface area contributed by atoms with Gasteiger partial charge in [0.1, 0.15) is 11.2 Å². The molecule has 160 valence electrons. The van der Waals surface area contributed by atoms with Crippen molar-refractivity contribution in [2.24, 2.45) is 0 Å². The van der Waals surface area contributed by atoms with Crippen molar-refractivity contribution in [1.29, 1.82) is 0 Å². The summed E-state index contributed by atoms with van der Waals surface area (Å²) < 4.78 is 6.35. The molecule has 0 aliphatic carbocycles. The minimum atomic E-state index is 0.884. The second-order valence-electron chi connectivity index (χ2n) is 8.68. The lowest BCUT2D eigenvalue weighted by Gasteiger charge is -2.14. The van der Waals surface area contributed by atoms with Crippen molar-refractivity contribution in [2.75, 3.05) is 5.32 Å². The maximum atomic E-state index is 6.35. The molecule has 1 aromatic heterocycles. The first-order valence-electron chi connectivity index (χ1n) is 11.5. The lowest BCUT2D eigenvalue weighted by atomic mass is 9.92. The van der Waals surface area contributed by atoms with E-state index in [0.717, 1.165) is 38.9 Å². The van der Waals surface area contributed by atoms with Crippen molar-refractivity contribution in [2.45, 2.75) is 0 Å². The number of hydrogen-bond donors (Lipinski definition) is 1. The Kier molecular flexibility index (Phi) is 4.18. The summed E-state index contributed by atoms with van der Waals surface area (Å²) >= 11 is 0. The van der Waals surface area contributed by atoms with Gasteiger partial charge in [0.25, 0.3) is 0 Å². The Labute approximate surface area is 197 Å². The molecule has 2 heteroatoms. The molecule has 7 aromatic rings. The van der Waals surface area contributed by atoms with E-state index in [4.69, 9.17) is 4.42 Å². The summed E-state index contributed by atoms with van der Waals surface area (Å²) in [4.78, 5) is 0. The van der Waals surface area contributed by atoms with Crippen LogP contribution in [0.5, 0.6) is 0 Å². The molecule has 0 aliphatic heterocycles. The normalized spacial score (nSPS) is 11.5. The monoisotopic (exact) mass is 435 g/mol. The zero-order valence-electron chi connectivity index (χ0n) is 18.5. The molecule has 0 radical (unpaired) electrons. The number of fused-ring (bicyclic) bond motifs is 6. The van der Waals surface area contributed by atoms with E-state index in [9.17, 15) is 0 Å². The van der Waals surface area contributed by atoms with Crippen molar-refractivity contribution in [3.05, 3.63) is 121 Å². The van der Waals surface area contributed by atoms with Crippen LogP contribution in [0.2, 0.25) is 0 Å². The van der Waals surface area contributed by atoms with Crippen LogP contribution in [-0.2, 0) is 0 Å². The Morgan fingerprint density at radius 3 is 2.03 bits per heavy atom. The molecule has 0 fully saturated rings. The molecule has 1 N–H and O–H groups in total. The molecule has 34 heavy (non-hydrogen) atoms. The summed E-state index contributed by atoms with van der Waals surface area (Å²) in [5.41, 5.74) is 6.21. The predicted octanol–water partition coefficient (Wildman–Crippen LogP) is 9.30. The molecule has 0 aliphatic rings. The van der Waals surface area contributed by atoms with Gasteiger partial charge in [-0.1, -0.05) is 84.9 Å². The summed E-state index contributed by atoms with van der Waals surface area (Å²) in [6, 6.07) is 42.6. The Morgan fingerprint density at radius 1 is 0.500 bits per heavy atom. The first-order valence-corrected chi connectivity index (χ1v) is 11.5. The van der Waals surface area contributed by atoms with Crippen LogP contribution >= 0.6 is 0 Å². The van der Waals surface area contributed by atoms with Gasteiger partial charge in [-0.3, -0.25) is 0 Å². The highest BCUT2D eigenvalue weighted by Gasteiger charge is 2.16. The Balaban J connectivity index is 1.55. The summed E-state index contributed by atoms with van der Waals surface area (Å²) in [6.45, 7) is 0. The lowest BCUT2D eigenvalue weighted by Crippen LogP contribution is -1.92. The molecular formula is C32H21NO. The predicted molar refractivity (Wildman–Crippen MR) is 144 cm³/mol. The molecule has 0 unspecified atom stereocenters. The van der Waals surface area contributed by atoms with Gasteiger partial charge < -0.3 is 9.73 Å². The summed E-state index contributed by atoms with van der Waals surface area (Å²) in [6.07, 6.45) is 0. The number of para-hydroxylation sites is 2. The summed E-state index contributed by atoms with van der Waals surface area (Å²) in [5.74, 6) is 0. The van der Waals surface area contributed by atoms with Crippen LogP contribution in [0.4, 0.5) is 11.4 Å². The minimum absolute atomic E-state index is 0.884. The van der Waals surface area contributed by atoms with Crippen LogP contribution in [0.15, 0.2) is 126 Å². The van der Waals surface area contributed by atoms with Crippen LogP contribution in [0, 0.1) is 0 Å². The van der Waals surface area contributed by atoms with E-state index in [1.807, 2.05) is 30.3 Å². The maximum Gasteiger partial charge on any atom is 0.138 e. The van der Waals surface area contributed by atoms with Crippen LogP contribution in [0.3, 0.4) is 0 Å². The zero-order valence-corrected chi connectivity index (χ0v) is 18.5. The molecule has 0 atom stereocenters. The average molecular weight is 436 g/mol. The summed E-state index contributed by atoms with van der Waals surface area (Å²) in [7, 11) is 0. The number of nitrogens with one attached hydrogen (secondary N) is 1. The summed E-state index contributed by atoms with van der Waals surface area (Å²) in [5, 5.41) is 10.9. The molecule has 1 heterocycles. The average Bonchev–Trinajstić information content (AvgIpc) is 3.27. The third-order valence-electron chi connectivity index (χ3n) is 6.61. The van der Waals surface area contributed by atoms with Gasteiger partial charge in [0, 0.05) is 11.1 Å². The van der Waals surface area contributed by atoms with E-state index in [0.29, 0.717) is 0 Å². The van der Waals surface area contributed by atoms with Crippen LogP contribution < -0.4 is 5.32 Å². The molecule has 0 bridgehead atoms. The van der Waals surface area contributed by atoms with Gasteiger partial charge in [0.15, 0.2) is 0 Å². The van der Waals surface area contributed by atoms with E-state index < -0.39 is 0 Å². The Bertz CT molecular complexity index is 1830. The first-order chi connectivity index (χ1) is 16.8. The van der Waals surface area contributed by atoms with Gasteiger partial charge in [-0.25, -0.2) is 0 Å². The molecule has 7 rings (SSSR count). The SMILES string of the molecule is c1ccc(Nc2cc(-c3cc4ccccc4c4ccccc34)cc3oc4ccccc4c23)cc1. The van der Waals surface area contributed by atoms with Crippen molar-refractivity contribution >= 4 is 54.9 Å². The molecule has 0 saturated carbocycles. The molecule has 0 saturated heterocycles. The number of hydrogen-bond acceptors (Lipinski definition) is 2. The first kappa shape index (κ1) is 19.0. The van der Waals surface area contributed by atoms with Crippen molar-refractivity contribution < 1.29 is 4.42 Å². The number of rotatable bonds is 3. The third kappa shape index (κ3) is 2.96. The van der Waals surface area contributed by atoms with Crippen LogP contribution in [0.1, 0.15) is 0 Å². The third-order valence-corrected chi connectivity index (χ3v) is 6.61. The van der Waals surface area contributed by atoms with E-state index >= 15 is 0 Å². The van der Waals surface area contributed by atoms with E-state index in [-0.39, 0.29) is 0 Å². The van der Waals surface area contributed by atoms with Gasteiger partial charge in [-0.15, -0.1) is 0 Å². The van der Waals surface area contributed by atoms with E-state index in [1.54, 1.807) is 0 Å². The zero-order chi connectivity index (χ0) is 22.5. The largest absolute Gasteiger partial charge is 0.456 e. The fourth-order valence-corrected chi connectivity index (χ4v) is 5.08. The standard InChI is InChI=1S/C32H21NO/c1-2-11-23(12-3-1)33-29-19-22(20-31-32(29)27-16-8-9-17-30(27)34-31)28-18-21-10-4-5-13-24(21)25-14-6-7-15-26(25)28/h1-20,33H.